The fourth-order valence-corrected chi connectivity index (χ4v) is 1.85. The Morgan fingerprint density at radius 3 is 2.16 bits per heavy atom. The van der Waals surface area contributed by atoms with E-state index in [-0.39, 0.29) is 0 Å². The molecule has 4 heteroatoms. The summed E-state index contributed by atoms with van der Waals surface area (Å²) in [5, 5.41) is 0.653. The monoisotopic (exact) mass is 278 g/mol. The maximum absolute atomic E-state index is 5.90. The van der Waals surface area contributed by atoms with E-state index in [9.17, 15) is 0 Å². The first-order chi connectivity index (χ1) is 9.21. The van der Waals surface area contributed by atoms with Crippen LogP contribution in [0.15, 0.2) is 42.5 Å². The maximum atomic E-state index is 5.90. The second kappa shape index (κ2) is 6.34. The second-order valence-electron chi connectivity index (χ2n) is 3.97. The Hall–Kier alpha value is -1.87. The molecule has 3 nitrogen and oxygen atoms in total. The van der Waals surface area contributed by atoms with Crippen LogP contribution in [0.25, 0.3) is 0 Å². The average Bonchev–Trinajstić information content (AvgIpc) is 2.44. The molecule has 2 aromatic carbocycles. The molecular formula is C15H15ClO3. The first-order valence-electron chi connectivity index (χ1n) is 5.81. The summed E-state index contributed by atoms with van der Waals surface area (Å²) in [6.45, 7) is 0.425. The smallest absolute Gasteiger partial charge is 0.122 e. The fraction of sp³-hybridized carbons (Fsp3) is 0.200. The van der Waals surface area contributed by atoms with E-state index in [0.717, 1.165) is 22.8 Å². The molecule has 0 N–H and O–H groups in total. The third kappa shape index (κ3) is 3.80. The molecule has 0 fully saturated rings. The first kappa shape index (κ1) is 13.6. The largest absolute Gasteiger partial charge is 0.497 e. The van der Waals surface area contributed by atoms with Crippen LogP contribution in [-0.4, -0.2) is 14.2 Å². The summed E-state index contributed by atoms with van der Waals surface area (Å²) in [4.78, 5) is 0. The Morgan fingerprint density at radius 1 is 0.895 bits per heavy atom. The van der Waals surface area contributed by atoms with E-state index in [0.29, 0.717) is 11.6 Å². The molecule has 0 radical (unpaired) electrons. The molecule has 0 aliphatic heterocycles. The first-order valence-corrected chi connectivity index (χ1v) is 6.19. The van der Waals surface area contributed by atoms with Crippen LogP contribution in [0.4, 0.5) is 0 Å². The van der Waals surface area contributed by atoms with E-state index in [4.69, 9.17) is 25.8 Å². The van der Waals surface area contributed by atoms with Gasteiger partial charge in [0.05, 0.1) is 14.2 Å². The van der Waals surface area contributed by atoms with Crippen molar-refractivity contribution in [3.05, 3.63) is 53.1 Å². The van der Waals surface area contributed by atoms with Crippen molar-refractivity contribution in [2.75, 3.05) is 14.2 Å². The minimum Gasteiger partial charge on any atom is -0.497 e. The van der Waals surface area contributed by atoms with Gasteiger partial charge in [-0.15, -0.1) is 0 Å². The zero-order valence-corrected chi connectivity index (χ0v) is 11.6. The Labute approximate surface area is 117 Å². The van der Waals surface area contributed by atoms with Gasteiger partial charge in [-0.05, 0) is 35.9 Å². The quantitative estimate of drug-likeness (QED) is 0.829. The minimum absolute atomic E-state index is 0.425. The molecular weight excluding hydrogens is 264 g/mol. The van der Waals surface area contributed by atoms with Crippen molar-refractivity contribution in [2.45, 2.75) is 6.61 Å². The van der Waals surface area contributed by atoms with Gasteiger partial charge in [0.25, 0.3) is 0 Å². The van der Waals surface area contributed by atoms with Gasteiger partial charge in [0.1, 0.15) is 23.9 Å². The fourth-order valence-electron chi connectivity index (χ4n) is 1.67. The molecule has 0 amide bonds. The van der Waals surface area contributed by atoms with Crippen LogP contribution < -0.4 is 14.2 Å². The predicted molar refractivity (Wildman–Crippen MR) is 75.3 cm³/mol. The summed E-state index contributed by atoms with van der Waals surface area (Å²) in [6.07, 6.45) is 0. The molecule has 0 saturated heterocycles. The van der Waals surface area contributed by atoms with E-state index in [1.807, 2.05) is 36.4 Å². The van der Waals surface area contributed by atoms with Gasteiger partial charge in [-0.2, -0.15) is 0 Å². The number of methoxy groups -OCH3 is 2. The van der Waals surface area contributed by atoms with Crippen molar-refractivity contribution in [1.82, 2.24) is 0 Å². The van der Waals surface area contributed by atoms with Crippen molar-refractivity contribution in [1.29, 1.82) is 0 Å². The van der Waals surface area contributed by atoms with Crippen LogP contribution in [0.5, 0.6) is 17.2 Å². The summed E-state index contributed by atoms with van der Waals surface area (Å²) in [7, 11) is 3.24. The Balaban J connectivity index is 2.10. The van der Waals surface area contributed by atoms with Crippen LogP contribution in [0.1, 0.15) is 5.56 Å². The summed E-state index contributed by atoms with van der Waals surface area (Å²) in [5.74, 6) is 2.21. The highest BCUT2D eigenvalue weighted by Gasteiger charge is 2.03. The molecule has 2 rings (SSSR count). The zero-order chi connectivity index (χ0) is 13.7. The van der Waals surface area contributed by atoms with Gasteiger partial charge in [0.2, 0.25) is 0 Å². The Kier molecular flexibility index (Phi) is 4.53. The molecule has 0 saturated carbocycles. The highest BCUT2D eigenvalue weighted by Crippen LogP contribution is 2.24. The lowest BCUT2D eigenvalue weighted by molar-refractivity contribution is 0.304. The molecule has 0 spiro atoms. The van der Waals surface area contributed by atoms with Gasteiger partial charge in [-0.3, -0.25) is 0 Å². The molecule has 2 aromatic rings. The standard InChI is InChI=1S/C15H15ClO3/c1-17-14-6-11(7-15(9-14)18-2)10-19-13-5-3-4-12(16)8-13/h3-9H,10H2,1-2H3. The van der Waals surface area contributed by atoms with Crippen molar-refractivity contribution in [3.8, 4) is 17.2 Å². The van der Waals surface area contributed by atoms with Gasteiger partial charge in [0.15, 0.2) is 0 Å². The van der Waals surface area contributed by atoms with Crippen LogP contribution in [0.3, 0.4) is 0 Å². The van der Waals surface area contributed by atoms with Gasteiger partial charge >= 0.3 is 0 Å². The molecule has 100 valence electrons. The normalized spacial score (nSPS) is 10.1. The number of hydrogen-bond acceptors (Lipinski definition) is 3. The van der Waals surface area contributed by atoms with Crippen LogP contribution in [0.2, 0.25) is 5.02 Å². The maximum Gasteiger partial charge on any atom is 0.122 e. The lowest BCUT2D eigenvalue weighted by Gasteiger charge is -2.10. The molecule has 0 heterocycles. The zero-order valence-electron chi connectivity index (χ0n) is 10.9. The number of ether oxygens (including phenoxy) is 3. The molecule has 0 aliphatic carbocycles. The van der Waals surface area contributed by atoms with E-state index in [1.54, 1.807) is 20.3 Å². The van der Waals surface area contributed by atoms with Gasteiger partial charge < -0.3 is 14.2 Å². The van der Waals surface area contributed by atoms with Crippen molar-refractivity contribution in [2.24, 2.45) is 0 Å². The Bertz CT molecular complexity index is 533. The van der Waals surface area contributed by atoms with E-state index in [2.05, 4.69) is 0 Å². The van der Waals surface area contributed by atoms with Gasteiger partial charge in [0, 0.05) is 11.1 Å². The predicted octanol–water partition coefficient (Wildman–Crippen LogP) is 3.94. The molecule has 0 aromatic heterocycles. The topological polar surface area (TPSA) is 27.7 Å². The summed E-state index contributed by atoms with van der Waals surface area (Å²) in [5.41, 5.74) is 0.969. The molecule has 19 heavy (non-hydrogen) atoms. The third-order valence-corrected chi connectivity index (χ3v) is 2.85. The van der Waals surface area contributed by atoms with Crippen molar-refractivity contribution >= 4 is 11.6 Å². The van der Waals surface area contributed by atoms with Crippen molar-refractivity contribution < 1.29 is 14.2 Å². The summed E-state index contributed by atoms with van der Waals surface area (Å²) >= 11 is 5.90. The van der Waals surface area contributed by atoms with Crippen LogP contribution in [0, 0.1) is 0 Å². The van der Waals surface area contributed by atoms with E-state index < -0.39 is 0 Å². The number of benzene rings is 2. The second-order valence-corrected chi connectivity index (χ2v) is 4.40. The highest BCUT2D eigenvalue weighted by atomic mass is 35.5. The van der Waals surface area contributed by atoms with E-state index >= 15 is 0 Å². The Morgan fingerprint density at radius 2 is 1.58 bits per heavy atom. The molecule has 0 atom stereocenters. The number of rotatable bonds is 5. The minimum atomic E-state index is 0.425. The van der Waals surface area contributed by atoms with Gasteiger partial charge in [-0.25, -0.2) is 0 Å². The number of hydrogen-bond donors (Lipinski definition) is 0. The van der Waals surface area contributed by atoms with Crippen LogP contribution in [-0.2, 0) is 6.61 Å². The third-order valence-electron chi connectivity index (χ3n) is 2.61. The van der Waals surface area contributed by atoms with Crippen molar-refractivity contribution in [3.63, 3.8) is 0 Å². The average molecular weight is 279 g/mol. The van der Waals surface area contributed by atoms with E-state index in [1.165, 1.54) is 0 Å². The molecule has 0 bridgehead atoms. The van der Waals surface area contributed by atoms with Crippen LogP contribution >= 0.6 is 11.6 Å². The SMILES string of the molecule is COc1cc(COc2cccc(Cl)c2)cc(OC)c1. The lowest BCUT2D eigenvalue weighted by Crippen LogP contribution is -1.97. The summed E-state index contributed by atoms with van der Waals surface area (Å²) in [6, 6.07) is 12.9. The number of halogens is 1. The lowest BCUT2D eigenvalue weighted by atomic mass is 10.2. The molecule has 0 unspecified atom stereocenters. The summed E-state index contributed by atoms with van der Waals surface area (Å²) < 4.78 is 16.1. The highest BCUT2D eigenvalue weighted by molar-refractivity contribution is 6.30. The van der Waals surface area contributed by atoms with Gasteiger partial charge in [-0.1, -0.05) is 17.7 Å². The molecule has 0 aliphatic rings.